The van der Waals surface area contributed by atoms with Crippen LogP contribution in [0, 0.1) is 5.92 Å². The van der Waals surface area contributed by atoms with E-state index in [4.69, 9.17) is 4.74 Å². The van der Waals surface area contributed by atoms with Crippen molar-refractivity contribution < 1.29 is 14.3 Å². The third kappa shape index (κ3) is 3.63. The van der Waals surface area contributed by atoms with Gasteiger partial charge in [-0.2, -0.15) is 0 Å². The second-order valence-electron chi connectivity index (χ2n) is 9.77. The number of benzene rings is 1. The Morgan fingerprint density at radius 2 is 2.00 bits per heavy atom. The van der Waals surface area contributed by atoms with E-state index in [-0.39, 0.29) is 24.0 Å². The zero-order chi connectivity index (χ0) is 21.6. The number of para-hydroxylation sites is 2. The molecule has 166 valence electrons. The third-order valence-corrected chi connectivity index (χ3v) is 7.40. The van der Waals surface area contributed by atoms with Gasteiger partial charge in [0.1, 0.15) is 5.54 Å². The number of fused-ring (bicyclic) bond motifs is 3. The van der Waals surface area contributed by atoms with E-state index in [0.717, 1.165) is 55.5 Å². The number of hydrogen-bond acceptors (Lipinski definition) is 4. The van der Waals surface area contributed by atoms with Crippen molar-refractivity contribution >= 4 is 22.8 Å². The lowest BCUT2D eigenvalue weighted by Crippen LogP contribution is -2.66. The maximum atomic E-state index is 13.7. The summed E-state index contributed by atoms with van der Waals surface area (Å²) in [6.07, 6.45) is 6.16. The van der Waals surface area contributed by atoms with E-state index in [9.17, 15) is 9.59 Å². The fourth-order valence-corrected chi connectivity index (χ4v) is 5.35. The topological polar surface area (TPSA) is 76.5 Å². The number of rotatable bonds is 4. The highest BCUT2D eigenvalue weighted by molar-refractivity contribution is 6.01. The van der Waals surface area contributed by atoms with Crippen LogP contribution in [0.3, 0.4) is 0 Å². The molecule has 7 heteroatoms. The summed E-state index contributed by atoms with van der Waals surface area (Å²) >= 11 is 0. The summed E-state index contributed by atoms with van der Waals surface area (Å²) in [6, 6.07) is 7.93. The number of carbonyl (C=O) groups is 2. The van der Waals surface area contributed by atoms with Crippen LogP contribution in [0.2, 0.25) is 0 Å². The van der Waals surface area contributed by atoms with Crippen LogP contribution in [-0.4, -0.2) is 57.1 Å². The lowest BCUT2D eigenvalue weighted by Gasteiger charge is -2.45. The molecule has 2 aliphatic heterocycles. The van der Waals surface area contributed by atoms with Gasteiger partial charge in [0.2, 0.25) is 5.91 Å². The summed E-state index contributed by atoms with van der Waals surface area (Å²) in [4.78, 5) is 33.7. The van der Waals surface area contributed by atoms with Crippen LogP contribution >= 0.6 is 0 Å². The zero-order valence-corrected chi connectivity index (χ0v) is 18.5. The monoisotopic (exact) mass is 424 g/mol. The molecule has 0 unspecified atom stereocenters. The fraction of sp³-hybridized carbons (Fsp3) is 0.625. The Hall–Kier alpha value is -2.41. The van der Waals surface area contributed by atoms with Crippen molar-refractivity contribution in [2.45, 2.75) is 76.6 Å². The van der Waals surface area contributed by atoms with Crippen molar-refractivity contribution in [3.63, 3.8) is 0 Å². The van der Waals surface area contributed by atoms with Crippen molar-refractivity contribution in [3.05, 3.63) is 30.1 Å². The van der Waals surface area contributed by atoms with Gasteiger partial charge in [0.05, 0.1) is 23.7 Å². The van der Waals surface area contributed by atoms with Crippen molar-refractivity contribution in [2.75, 3.05) is 13.2 Å². The van der Waals surface area contributed by atoms with Gasteiger partial charge in [-0.25, -0.2) is 4.98 Å². The summed E-state index contributed by atoms with van der Waals surface area (Å²) < 4.78 is 7.76. The molecule has 5 rings (SSSR count). The molecule has 1 aromatic heterocycles. The molecule has 1 aliphatic carbocycles. The summed E-state index contributed by atoms with van der Waals surface area (Å²) in [5.41, 5.74) is 0.699. The predicted molar refractivity (Wildman–Crippen MR) is 118 cm³/mol. The molecule has 0 radical (unpaired) electrons. The summed E-state index contributed by atoms with van der Waals surface area (Å²) in [5, 5.41) is 3.29. The average Bonchev–Trinajstić information content (AvgIpc) is 3.41. The average molecular weight is 425 g/mol. The standard InChI is InChI=1S/C24H32N4O3/c1-16-9-11-17(12-10-16)25-23(30)24(2)15-27-20-8-4-3-7-19(20)26-21(27)22(29)28(24)14-18-6-5-13-31-18/h3-4,7-8,16-18H,5-6,9-15H2,1-2H3,(H,25,30)/t16?,17?,18-,24-/m1/s1. The number of ether oxygens (including phenoxy) is 1. The predicted octanol–water partition coefficient (Wildman–Crippen LogP) is 3.12. The molecule has 0 spiro atoms. The maximum absolute atomic E-state index is 13.7. The second-order valence-corrected chi connectivity index (χ2v) is 9.77. The van der Waals surface area contributed by atoms with Crippen LogP contribution in [0.15, 0.2) is 24.3 Å². The number of aromatic nitrogens is 2. The maximum Gasteiger partial charge on any atom is 0.290 e. The minimum Gasteiger partial charge on any atom is -0.376 e. The first kappa shape index (κ1) is 20.5. The largest absolute Gasteiger partial charge is 0.376 e. The molecule has 1 aromatic carbocycles. The van der Waals surface area contributed by atoms with Crippen LogP contribution < -0.4 is 5.32 Å². The van der Waals surface area contributed by atoms with Crippen LogP contribution in [0.4, 0.5) is 0 Å². The minimum absolute atomic E-state index is 0.0254. The Balaban J connectivity index is 1.48. The molecule has 1 saturated heterocycles. The van der Waals surface area contributed by atoms with Gasteiger partial charge in [-0.3, -0.25) is 9.59 Å². The Labute approximate surface area is 183 Å². The first-order chi connectivity index (χ1) is 15.0. The van der Waals surface area contributed by atoms with Gasteiger partial charge in [-0.15, -0.1) is 0 Å². The van der Waals surface area contributed by atoms with E-state index < -0.39 is 5.54 Å². The van der Waals surface area contributed by atoms with Gasteiger partial charge in [-0.1, -0.05) is 19.1 Å². The number of hydrogen-bond donors (Lipinski definition) is 1. The molecule has 3 heterocycles. The summed E-state index contributed by atoms with van der Waals surface area (Å²) in [7, 11) is 0. The highest BCUT2D eigenvalue weighted by Gasteiger charge is 2.49. The van der Waals surface area contributed by atoms with Crippen molar-refractivity contribution in [1.82, 2.24) is 19.8 Å². The van der Waals surface area contributed by atoms with Gasteiger partial charge in [0.15, 0.2) is 5.82 Å². The normalized spacial score (nSPS) is 31.1. The summed E-state index contributed by atoms with van der Waals surface area (Å²) in [6.45, 7) is 5.71. The molecule has 2 amide bonds. The number of nitrogens with one attached hydrogen (secondary N) is 1. The van der Waals surface area contributed by atoms with E-state index in [1.54, 1.807) is 4.90 Å². The van der Waals surface area contributed by atoms with Crippen molar-refractivity contribution in [3.8, 4) is 0 Å². The zero-order valence-electron chi connectivity index (χ0n) is 18.5. The van der Waals surface area contributed by atoms with Gasteiger partial charge < -0.3 is 19.5 Å². The number of amides is 2. The van der Waals surface area contributed by atoms with Crippen LogP contribution in [-0.2, 0) is 16.1 Å². The Bertz CT molecular complexity index is 988. The van der Waals surface area contributed by atoms with Crippen LogP contribution in [0.5, 0.6) is 0 Å². The quantitative estimate of drug-likeness (QED) is 0.818. The minimum atomic E-state index is -0.984. The van der Waals surface area contributed by atoms with E-state index in [1.165, 1.54) is 0 Å². The first-order valence-corrected chi connectivity index (χ1v) is 11.7. The van der Waals surface area contributed by atoms with Gasteiger partial charge in [-0.05, 0) is 63.5 Å². The lowest BCUT2D eigenvalue weighted by atomic mass is 9.86. The van der Waals surface area contributed by atoms with Crippen LogP contribution in [0.1, 0.15) is 63.0 Å². The van der Waals surface area contributed by atoms with E-state index >= 15 is 0 Å². The molecular formula is C24H32N4O3. The SMILES string of the molecule is CC1CCC(NC(=O)[C@@]2(C)Cn3c(nc4ccccc43)C(=O)N2C[C@H]2CCCO2)CC1. The molecule has 1 N–H and O–H groups in total. The molecule has 2 aromatic rings. The number of carbonyl (C=O) groups excluding carboxylic acids is 2. The van der Waals surface area contributed by atoms with E-state index in [1.807, 2.05) is 35.8 Å². The Kier molecular flexibility index (Phi) is 5.24. The van der Waals surface area contributed by atoms with Crippen LogP contribution in [0.25, 0.3) is 11.0 Å². The Morgan fingerprint density at radius 1 is 1.23 bits per heavy atom. The lowest BCUT2D eigenvalue weighted by molar-refractivity contribution is -0.134. The van der Waals surface area contributed by atoms with Gasteiger partial charge in [0.25, 0.3) is 5.91 Å². The molecule has 31 heavy (non-hydrogen) atoms. The molecule has 1 saturated carbocycles. The third-order valence-electron chi connectivity index (χ3n) is 7.40. The highest BCUT2D eigenvalue weighted by atomic mass is 16.5. The Morgan fingerprint density at radius 3 is 2.74 bits per heavy atom. The molecule has 2 atom stereocenters. The fourth-order valence-electron chi connectivity index (χ4n) is 5.35. The highest BCUT2D eigenvalue weighted by Crippen LogP contribution is 2.32. The summed E-state index contributed by atoms with van der Waals surface area (Å²) in [5.74, 6) is 0.876. The first-order valence-electron chi connectivity index (χ1n) is 11.7. The number of nitrogens with zero attached hydrogens (tertiary/aromatic N) is 3. The molecule has 7 nitrogen and oxygen atoms in total. The smallest absolute Gasteiger partial charge is 0.290 e. The number of imidazole rings is 1. The van der Waals surface area contributed by atoms with Crippen molar-refractivity contribution in [2.24, 2.45) is 5.92 Å². The second kappa shape index (κ2) is 7.93. The van der Waals surface area contributed by atoms with Crippen molar-refractivity contribution in [1.29, 1.82) is 0 Å². The molecular weight excluding hydrogens is 392 g/mol. The van der Waals surface area contributed by atoms with E-state index in [2.05, 4.69) is 17.2 Å². The molecule has 2 fully saturated rings. The molecule has 3 aliphatic rings. The van der Waals surface area contributed by atoms with Gasteiger partial charge in [0, 0.05) is 19.2 Å². The molecule has 0 bridgehead atoms. The van der Waals surface area contributed by atoms with Gasteiger partial charge >= 0.3 is 0 Å². The van der Waals surface area contributed by atoms with E-state index in [0.29, 0.717) is 25.5 Å².